The number of pyridine rings is 1. The van der Waals surface area contributed by atoms with Crippen LogP contribution in [0.5, 0.6) is 5.88 Å². The Hall–Kier alpha value is -3.78. The molecular weight excluding hydrogens is 486 g/mol. The van der Waals surface area contributed by atoms with Crippen LogP contribution < -0.4 is 4.74 Å². The summed E-state index contributed by atoms with van der Waals surface area (Å²) in [6.07, 6.45) is 6.57. The lowest BCUT2D eigenvalue weighted by atomic mass is 9.83. The zero-order valence-electron chi connectivity index (χ0n) is 21.0. The van der Waals surface area contributed by atoms with Gasteiger partial charge < -0.3 is 14.4 Å². The molecule has 1 aliphatic rings. The van der Waals surface area contributed by atoms with Crippen molar-refractivity contribution in [2.24, 2.45) is 0 Å². The first-order chi connectivity index (χ1) is 17.8. The first-order valence-corrected chi connectivity index (χ1v) is 13.3. The molecule has 0 spiro atoms. The van der Waals surface area contributed by atoms with E-state index in [1.807, 2.05) is 50.2 Å². The fourth-order valence-electron chi connectivity index (χ4n) is 5.28. The van der Waals surface area contributed by atoms with Crippen LogP contribution in [0, 0.1) is 13.8 Å². The number of aliphatic carboxylic acids is 1. The van der Waals surface area contributed by atoms with Gasteiger partial charge in [0.05, 0.1) is 32.5 Å². The van der Waals surface area contributed by atoms with E-state index in [-0.39, 0.29) is 18.3 Å². The van der Waals surface area contributed by atoms with E-state index in [4.69, 9.17) is 9.72 Å². The van der Waals surface area contributed by atoms with Gasteiger partial charge in [0.15, 0.2) is 0 Å². The Kier molecular flexibility index (Phi) is 6.93. The lowest BCUT2D eigenvalue weighted by Crippen LogP contribution is -2.14. The Morgan fingerprint density at radius 1 is 1.14 bits per heavy atom. The number of rotatable bonds is 7. The molecule has 4 aromatic rings. The van der Waals surface area contributed by atoms with Crippen molar-refractivity contribution in [3.63, 3.8) is 0 Å². The number of carbonyl (C=O) groups is 2. The molecule has 3 aromatic heterocycles. The molecule has 190 valence electrons. The average molecular weight is 516 g/mol. The zero-order valence-corrected chi connectivity index (χ0v) is 21.8. The molecule has 0 radical (unpaired) electrons. The molecule has 8 heteroatoms. The number of carbonyl (C=O) groups excluding carboxylic acids is 1. The molecule has 3 heterocycles. The smallest absolute Gasteiger partial charge is 0.336 e. The number of nitrogens with zero attached hydrogens (tertiary/aromatic N) is 3. The maximum Gasteiger partial charge on any atom is 0.336 e. The van der Waals surface area contributed by atoms with E-state index < -0.39 is 11.9 Å². The molecule has 0 aliphatic heterocycles. The molecule has 0 unspecified atom stereocenters. The van der Waals surface area contributed by atoms with Gasteiger partial charge in [-0.25, -0.2) is 14.8 Å². The van der Waals surface area contributed by atoms with E-state index in [9.17, 15) is 14.7 Å². The molecule has 1 aliphatic carbocycles. The highest BCUT2D eigenvalue weighted by molar-refractivity contribution is 7.15. The molecule has 0 bridgehead atoms. The van der Waals surface area contributed by atoms with Gasteiger partial charge in [0, 0.05) is 17.5 Å². The maximum atomic E-state index is 12.1. The van der Waals surface area contributed by atoms with Crippen LogP contribution in [0.3, 0.4) is 0 Å². The second-order valence-corrected chi connectivity index (χ2v) is 10.7. The molecule has 1 N–H and O–H groups in total. The van der Waals surface area contributed by atoms with Crippen molar-refractivity contribution in [1.82, 2.24) is 14.5 Å². The van der Waals surface area contributed by atoms with Gasteiger partial charge in [-0.2, -0.15) is 0 Å². The van der Waals surface area contributed by atoms with Crippen LogP contribution in [0.2, 0.25) is 0 Å². The third-order valence-electron chi connectivity index (χ3n) is 6.90. The fourth-order valence-corrected chi connectivity index (χ4v) is 6.17. The predicted molar refractivity (Wildman–Crippen MR) is 145 cm³/mol. The van der Waals surface area contributed by atoms with Crippen LogP contribution >= 0.6 is 11.3 Å². The number of aromatic nitrogens is 3. The fraction of sp³-hybridized carbons (Fsp3) is 0.310. The number of fused-ring (bicyclic) bond motifs is 1. The topological polar surface area (TPSA) is 94.3 Å². The minimum absolute atomic E-state index is 0.229. The zero-order chi connectivity index (χ0) is 26.1. The van der Waals surface area contributed by atoms with Crippen molar-refractivity contribution in [1.29, 1.82) is 0 Å². The van der Waals surface area contributed by atoms with Crippen LogP contribution in [0.25, 0.3) is 32.7 Å². The van der Waals surface area contributed by atoms with E-state index in [0.717, 1.165) is 80.8 Å². The summed E-state index contributed by atoms with van der Waals surface area (Å²) < 4.78 is 7.12. The minimum Gasteiger partial charge on any atom is -0.480 e. The number of hydrogen-bond acceptors (Lipinski definition) is 6. The maximum absolute atomic E-state index is 12.1. The molecule has 0 atom stereocenters. The highest BCUT2D eigenvalue weighted by atomic mass is 32.1. The van der Waals surface area contributed by atoms with E-state index >= 15 is 0 Å². The summed E-state index contributed by atoms with van der Waals surface area (Å²) in [7, 11) is 0. The van der Waals surface area contributed by atoms with Gasteiger partial charge in [-0.1, -0.05) is 38.0 Å². The quantitative estimate of drug-likeness (QED) is 0.218. The number of aryl methyl sites for hydroxylation is 2. The summed E-state index contributed by atoms with van der Waals surface area (Å²) in [6.45, 7) is 7.15. The van der Waals surface area contributed by atoms with Gasteiger partial charge in [-0.3, -0.25) is 4.79 Å². The SMILES string of the molecule is C=CC(=O)Oc1cc(C2CCCCC2)c(-c2ccc3nc(-c4sc(C)nc4C)ccc3c2)n1CC(=O)O. The van der Waals surface area contributed by atoms with Crippen LogP contribution in [0.15, 0.2) is 49.1 Å². The summed E-state index contributed by atoms with van der Waals surface area (Å²) in [5, 5.41) is 11.7. The van der Waals surface area contributed by atoms with Gasteiger partial charge in [-0.05, 0) is 61.9 Å². The predicted octanol–water partition coefficient (Wildman–Crippen LogP) is 6.67. The summed E-state index contributed by atoms with van der Waals surface area (Å²) >= 11 is 1.63. The van der Waals surface area contributed by atoms with Crippen LogP contribution in [0.4, 0.5) is 0 Å². The first kappa shape index (κ1) is 24.9. The second-order valence-electron chi connectivity index (χ2n) is 9.48. The van der Waals surface area contributed by atoms with Gasteiger partial charge in [0.2, 0.25) is 5.88 Å². The highest BCUT2D eigenvalue weighted by Gasteiger charge is 2.27. The normalized spacial score (nSPS) is 14.1. The van der Waals surface area contributed by atoms with Crippen LogP contribution in [0.1, 0.15) is 54.3 Å². The van der Waals surface area contributed by atoms with Gasteiger partial charge >= 0.3 is 11.9 Å². The molecule has 5 rings (SSSR count). The van der Waals surface area contributed by atoms with Gasteiger partial charge in [-0.15, -0.1) is 11.3 Å². The third kappa shape index (κ3) is 5.06. The number of ether oxygens (including phenoxy) is 1. The molecule has 0 amide bonds. The Morgan fingerprint density at radius 2 is 1.92 bits per heavy atom. The van der Waals surface area contributed by atoms with Crippen molar-refractivity contribution < 1.29 is 19.4 Å². The number of benzene rings is 1. The summed E-state index contributed by atoms with van der Waals surface area (Å²) in [6, 6.07) is 11.9. The Bertz CT molecular complexity index is 1510. The molecule has 0 saturated heterocycles. The Balaban J connectivity index is 1.64. The van der Waals surface area contributed by atoms with E-state index in [0.29, 0.717) is 0 Å². The molecule has 1 fully saturated rings. The summed E-state index contributed by atoms with van der Waals surface area (Å²) in [5.41, 5.74) is 5.37. The average Bonchev–Trinajstić information content (AvgIpc) is 3.42. The van der Waals surface area contributed by atoms with Crippen molar-refractivity contribution in [3.05, 3.63) is 65.3 Å². The molecule has 1 saturated carbocycles. The molecular formula is C29H29N3O4S. The van der Waals surface area contributed by atoms with E-state index in [1.54, 1.807) is 15.9 Å². The number of esters is 1. The number of carboxylic acids is 1. The molecule has 37 heavy (non-hydrogen) atoms. The summed E-state index contributed by atoms with van der Waals surface area (Å²) in [4.78, 5) is 34.4. The van der Waals surface area contributed by atoms with Crippen molar-refractivity contribution in [2.75, 3.05) is 0 Å². The van der Waals surface area contributed by atoms with Crippen molar-refractivity contribution in [3.8, 4) is 27.7 Å². The minimum atomic E-state index is -1.01. The van der Waals surface area contributed by atoms with Gasteiger partial charge in [0.25, 0.3) is 0 Å². The third-order valence-corrected chi connectivity index (χ3v) is 7.99. The standard InChI is InChI=1S/C29H29N3O4S/c1-4-27(35)36-25-15-22(19-8-6-5-7-9-19)28(32(25)16-26(33)34)21-11-12-23-20(14-21)10-13-24(31-23)29-17(2)30-18(3)37-29/h4,10-15,19H,1,5-9,16H2,2-3H3,(H,33,34). The van der Waals surface area contributed by atoms with Crippen LogP contribution in [-0.4, -0.2) is 31.6 Å². The second kappa shape index (κ2) is 10.3. The number of thiazole rings is 1. The van der Waals surface area contributed by atoms with Gasteiger partial charge in [0.1, 0.15) is 6.54 Å². The number of hydrogen-bond donors (Lipinski definition) is 1. The van der Waals surface area contributed by atoms with E-state index in [2.05, 4.69) is 11.6 Å². The first-order valence-electron chi connectivity index (χ1n) is 12.5. The van der Waals surface area contributed by atoms with Crippen molar-refractivity contribution in [2.45, 2.75) is 58.4 Å². The highest BCUT2D eigenvalue weighted by Crippen LogP contribution is 2.43. The largest absolute Gasteiger partial charge is 0.480 e. The lowest BCUT2D eigenvalue weighted by molar-refractivity contribution is -0.138. The Labute approximate surface area is 219 Å². The number of carboxylic acid groups (broad SMARTS) is 1. The Morgan fingerprint density at radius 3 is 2.59 bits per heavy atom. The molecule has 7 nitrogen and oxygen atoms in total. The van der Waals surface area contributed by atoms with E-state index in [1.165, 1.54) is 6.42 Å². The summed E-state index contributed by atoms with van der Waals surface area (Å²) in [5.74, 6) is -1.12. The van der Waals surface area contributed by atoms with Crippen LogP contribution in [-0.2, 0) is 16.1 Å². The monoisotopic (exact) mass is 515 g/mol. The lowest BCUT2D eigenvalue weighted by Gasteiger charge is -2.23. The van der Waals surface area contributed by atoms with Crippen molar-refractivity contribution >= 4 is 34.2 Å². The molecule has 1 aromatic carbocycles.